The molecule has 1 aliphatic heterocycles. The number of para-hydroxylation sites is 1. The lowest BCUT2D eigenvalue weighted by atomic mass is 10.2. The highest BCUT2D eigenvalue weighted by Gasteiger charge is 2.25. The van der Waals surface area contributed by atoms with Gasteiger partial charge in [-0.15, -0.1) is 0 Å². The third-order valence-corrected chi connectivity index (χ3v) is 4.61. The van der Waals surface area contributed by atoms with Crippen molar-refractivity contribution in [2.75, 3.05) is 38.0 Å². The third-order valence-electron chi connectivity index (χ3n) is 4.61. The van der Waals surface area contributed by atoms with E-state index in [1.807, 2.05) is 66.4 Å². The van der Waals surface area contributed by atoms with Crippen LogP contribution in [0.1, 0.15) is 15.9 Å². The molecule has 2 N–H and O–H groups in total. The molecule has 1 aliphatic rings. The summed E-state index contributed by atoms with van der Waals surface area (Å²) in [7, 11) is 0. The number of nitrogens with zero attached hydrogens (tertiary/aromatic N) is 1. The van der Waals surface area contributed by atoms with Gasteiger partial charge in [0, 0.05) is 11.3 Å². The van der Waals surface area contributed by atoms with Crippen LogP contribution in [0.25, 0.3) is 0 Å². The molecule has 1 heterocycles. The van der Waals surface area contributed by atoms with E-state index >= 15 is 0 Å². The average Bonchev–Trinajstić information content (AvgIpc) is 2.64. The second-order valence-electron chi connectivity index (χ2n) is 6.45. The van der Waals surface area contributed by atoms with E-state index in [9.17, 15) is 9.59 Å². The molecule has 3 rings (SSSR count). The van der Waals surface area contributed by atoms with Gasteiger partial charge in [-0.1, -0.05) is 36.4 Å². The van der Waals surface area contributed by atoms with E-state index < -0.39 is 0 Å². The fraction of sp³-hybridized carbons (Fsp3) is 0.300. The summed E-state index contributed by atoms with van der Waals surface area (Å²) in [6.45, 7) is 5.36. The largest absolute Gasteiger partial charge is 0.327 e. The van der Waals surface area contributed by atoms with Crippen LogP contribution in [-0.4, -0.2) is 49.4 Å². The molecule has 0 spiro atoms. The highest BCUT2D eigenvalue weighted by molar-refractivity contribution is 5.94. The van der Waals surface area contributed by atoms with Gasteiger partial charge in [0.25, 0.3) is 11.8 Å². The maximum Gasteiger partial charge on any atom is 0.279 e. The van der Waals surface area contributed by atoms with Gasteiger partial charge in [0.05, 0.1) is 26.2 Å². The van der Waals surface area contributed by atoms with Crippen molar-refractivity contribution in [3.63, 3.8) is 0 Å². The minimum Gasteiger partial charge on any atom is -0.327 e. The molecule has 25 heavy (non-hydrogen) atoms. The molecule has 0 unspecified atom stereocenters. The zero-order valence-corrected chi connectivity index (χ0v) is 14.5. The topological polar surface area (TPSA) is 53.9 Å². The lowest BCUT2D eigenvalue weighted by molar-refractivity contribution is -0.895. The minimum atomic E-state index is 0.0205. The summed E-state index contributed by atoms with van der Waals surface area (Å²) in [5, 5.41) is 2.98. The Balaban J connectivity index is 1.48. The Kier molecular flexibility index (Phi) is 5.46. The predicted octanol–water partition coefficient (Wildman–Crippen LogP) is 0.974. The molecule has 1 fully saturated rings. The predicted molar refractivity (Wildman–Crippen MR) is 97.7 cm³/mol. The second-order valence-corrected chi connectivity index (χ2v) is 6.45. The van der Waals surface area contributed by atoms with Crippen molar-refractivity contribution in [2.24, 2.45) is 0 Å². The first kappa shape index (κ1) is 17.2. The van der Waals surface area contributed by atoms with Gasteiger partial charge in [-0.25, -0.2) is 0 Å². The van der Waals surface area contributed by atoms with Gasteiger partial charge in [-0.3, -0.25) is 9.59 Å². The molecule has 2 amide bonds. The Morgan fingerprint density at radius 2 is 1.64 bits per heavy atom. The average molecular weight is 338 g/mol. The van der Waals surface area contributed by atoms with Crippen molar-refractivity contribution >= 4 is 17.5 Å². The van der Waals surface area contributed by atoms with E-state index in [1.54, 1.807) is 0 Å². The summed E-state index contributed by atoms with van der Waals surface area (Å²) in [5.74, 6) is 0.0937. The van der Waals surface area contributed by atoms with E-state index in [1.165, 1.54) is 4.90 Å². The number of anilines is 1. The third kappa shape index (κ3) is 4.45. The van der Waals surface area contributed by atoms with Gasteiger partial charge < -0.3 is 15.1 Å². The summed E-state index contributed by atoms with van der Waals surface area (Å²) in [6, 6.07) is 17.1. The van der Waals surface area contributed by atoms with Crippen molar-refractivity contribution in [3.05, 3.63) is 65.7 Å². The molecule has 0 bridgehead atoms. The molecule has 0 atom stereocenters. The van der Waals surface area contributed by atoms with E-state index in [0.717, 1.165) is 29.9 Å². The van der Waals surface area contributed by atoms with Gasteiger partial charge in [-0.05, 0) is 30.7 Å². The zero-order valence-electron chi connectivity index (χ0n) is 14.5. The number of nitrogens with one attached hydrogen (secondary N) is 2. The number of hydrogen-bond donors (Lipinski definition) is 2. The molecule has 0 aliphatic carbocycles. The van der Waals surface area contributed by atoms with Crippen LogP contribution in [0.15, 0.2) is 54.6 Å². The van der Waals surface area contributed by atoms with Crippen LogP contribution in [0.4, 0.5) is 5.69 Å². The molecule has 2 aromatic rings. The van der Waals surface area contributed by atoms with Crippen molar-refractivity contribution in [1.82, 2.24) is 4.90 Å². The van der Waals surface area contributed by atoms with Gasteiger partial charge in [-0.2, -0.15) is 0 Å². The number of benzene rings is 2. The maximum atomic E-state index is 12.4. The molecular formula is C20H24N3O2+. The van der Waals surface area contributed by atoms with Crippen molar-refractivity contribution in [1.29, 1.82) is 0 Å². The van der Waals surface area contributed by atoms with Gasteiger partial charge in [0.2, 0.25) is 0 Å². The first-order chi connectivity index (χ1) is 12.1. The number of carbonyl (C=O) groups excluding carboxylic acids is 2. The molecule has 5 heteroatoms. The van der Waals surface area contributed by atoms with E-state index in [0.29, 0.717) is 19.6 Å². The maximum absolute atomic E-state index is 12.4. The van der Waals surface area contributed by atoms with Crippen molar-refractivity contribution in [2.45, 2.75) is 6.92 Å². The standard InChI is InChI=1S/C20H23N3O2/c1-16-7-5-6-10-18(16)21-19(24)15-22-11-13-23(14-12-22)20(25)17-8-3-2-4-9-17/h2-10H,11-15H2,1H3,(H,21,24)/p+1. The van der Waals surface area contributed by atoms with Crippen LogP contribution in [0.2, 0.25) is 0 Å². The summed E-state index contributed by atoms with van der Waals surface area (Å²) in [6.07, 6.45) is 0. The van der Waals surface area contributed by atoms with Crippen LogP contribution >= 0.6 is 0 Å². The SMILES string of the molecule is Cc1ccccc1NC(=O)C[NH+]1CCN(C(=O)c2ccccc2)CC1. The lowest BCUT2D eigenvalue weighted by Crippen LogP contribution is -3.15. The molecule has 130 valence electrons. The van der Waals surface area contributed by atoms with E-state index in [-0.39, 0.29) is 11.8 Å². The fourth-order valence-electron chi connectivity index (χ4n) is 3.10. The van der Waals surface area contributed by atoms with Crippen LogP contribution in [-0.2, 0) is 4.79 Å². The Labute approximate surface area is 148 Å². The Morgan fingerprint density at radius 3 is 2.32 bits per heavy atom. The number of hydrogen-bond acceptors (Lipinski definition) is 2. The quantitative estimate of drug-likeness (QED) is 0.873. The van der Waals surface area contributed by atoms with Crippen molar-refractivity contribution in [3.8, 4) is 0 Å². The zero-order chi connectivity index (χ0) is 17.6. The molecule has 0 aromatic heterocycles. The monoisotopic (exact) mass is 338 g/mol. The summed E-state index contributed by atoms with van der Waals surface area (Å²) >= 11 is 0. The summed E-state index contributed by atoms with van der Waals surface area (Å²) < 4.78 is 0. The second kappa shape index (κ2) is 7.94. The first-order valence-corrected chi connectivity index (χ1v) is 8.67. The van der Waals surface area contributed by atoms with Gasteiger partial charge >= 0.3 is 0 Å². The minimum absolute atomic E-state index is 0.0205. The Hall–Kier alpha value is -2.66. The number of quaternary nitrogens is 1. The fourth-order valence-corrected chi connectivity index (χ4v) is 3.10. The highest BCUT2D eigenvalue weighted by Crippen LogP contribution is 2.12. The molecule has 1 saturated heterocycles. The Morgan fingerprint density at radius 1 is 1.00 bits per heavy atom. The molecular weight excluding hydrogens is 314 g/mol. The highest BCUT2D eigenvalue weighted by atomic mass is 16.2. The Bertz CT molecular complexity index is 738. The van der Waals surface area contributed by atoms with Crippen LogP contribution in [0.5, 0.6) is 0 Å². The van der Waals surface area contributed by atoms with E-state index in [4.69, 9.17) is 0 Å². The smallest absolute Gasteiger partial charge is 0.279 e. The van der Waals surface area contributed by atoms with Crippen LogP contribution in [0, 0.1) is 6.92 Å². The van der Waals surface area contributed by atoms with Gasteiger partial charge in [0.1, 0.15) is 0 Å². The lowest BCUT2D eigenvalue weighted by Gasteiger charge is -2.32. The summed E-state index contributed by atoms with van der Waals surface area (Å²) in [5.41, 5.74) is 2.65. The number of piperazine rings is 1. The van der Waals surface area contributed by atoms with Gasteiger partial charge in [0.15, 0.2) is 6.54 Å². The molecule has 0 radical (unpaired) electrons. The van der Waals surface area contributed by atoms with Crippen LogP contribution < -0.4 is 10.2 Å². The molecule has 5 nitrogen and oxygen atoms in total. The number of carbonyl (C=O) groups is 2. The normalized spacial score (nSPS) is 15.0. The summed E-state index contributed by atoms with van der Waals surface area (Å²) in [4.78, 5) is 27.8. The first-order valence-electron chi connectivity index (χ1n) is 8.67. The van der Waals surface area contributed by atoms with E-state index in [2.05, 4.69) is 5.32 Å². The molecule has 0 saturated carbocycles. The number of rotatable bonds is 4. The number of amides is 2. The van der Waals surface area contributed by atoms with Crippen LogP contribution in [0.3, 0.4) is 0 Å². The van der Waals surface area contributed by atoms with Crippen molar-refractivity contribution < 1.29 is 14.5 Å². The molecule has 2 aromatic carbocycles. The number of aryl methyl sites for hydroxylation is 1.